The molecule has 2 aromatic heterocycles. The molecule has 0 radical (unpaired) electrons. The number of thioether (sulfide) groups is 1. The van der Waals surface area contributed by atoms with E-state index in [1.54, 1.807) is 12.5 Å². The molecule has 8 heteroatoms. The van der Waals surface area contributed by atoms with Gasteiger partial charge in [-0.2, -0.15) is 0 Å². The highest BCUT2D eigenvalue weighted by Crippen LogP contribution is 2.13. The summed E-state index contributed by atoms with van der Waals surface area (Å²) in [4.78, 5) is 20.3. The second-order valence-electron chi connectivity index (χ2n) is 4.53. The molecule has 0 fully saturated rings. The molecule has 0 spiro atoms. The quantitative estimate of drug-likeness (QED) is 0.641. The van der Waals surface area contributed by atoms with Crippen molar-refractivity contribution in [2.75, 3.05) is 5.75 Å². The molecule has 2 aromatic rings. The van der Waals surface area contributed by atoms with Crippen LogP contribution in [0.4, 0.5) is 0 Å². The van der Waals surface area contributed by atoms with Crippen LogP contribution < -0.4 is 5.32 Å². The SMILES string of the molecule is CCn1cnnc1[C@@H](C)NC(=O)CSc1nccc(C)n1. The first-order valence-corrected chi connectivity index (χ1v) is 7.68. The summed E-state index contributed by atoms with van der Waals surface area (Å²) in [6, 6.07) is 1.64. The minimum Gasteiger partial charge on any atom is -0.346 e. The van der Waals surface area contributed by atoms with Gasteiger partial charge >= 0.3 is 0 Å². The Bertz CT molecular complexity index is 614. The Labute approximate surface area is 127 Å². The Balaban J connectivity index is 1.87. The molecule has 0 saturated carbocycles. The van der Waals surface area contributed by atoms with Gasteiger partial charge in [-0.3, -0.25) is 4.79 Å². The normalized spacial score (nSPS) is 12.1. The van der Waals surface area contributed by atoms with Gasteiger partial charge in [-0.15, -0.1) is 10.2 Å². The molecule has 0 aliphatic heterocycles. The molecule has 7 nitrogen and oxygen atoms in total. The van der Waals surface area contributed by atoms with Crippen LogP contribution in [-0.2, 0) is 11.3 Å². The van der Waals surface area contributed by atoms with E-state index in [4.69, 9.17) is 0 Å². The van der Waals surface area contributed by atoms with Crippen LogP contribution in [0.2, 0.25) is 0 Å². The van der Waals surface area contributed by atoms with Crippen molar-refractivity contribution in [3.63, 3.8) is 0 Å². The van der Waals surface area contributed by atoms with Gasteiger partial charge in [-0.1, -0.05) is 11.8 Å². The zero-order chi connectivity index (χ0) is 15.2. The van der Waals surface area contributed by atoms with Crippen LogP contribution in [0, 0.1) is 6.92 Å². The van der Waals surface area contributed by atoms with Crippen LogP contribution in [0.25, 0.3) is 0 Å². The van der Waals surface area contributed by atoms with Crippen molar-refractivity contribution in [3.05, 3.63) is 30.1 Å². The van der Waals surface area contributed by atoms with Crippen molar-refractivity contribution in [3.8, 4) is 0 Å². The number of nitrogens with zero attached hydrogens (tertiary/aromatic N) is 5. The number of aromatic nitrogens is 5. The average molecular weight is 306 g/mol. The smallest absolute Gasteiger partial charge is 0.231 e. The fourth-order valence-electron chi connectivity index (χ4n) is 1.82. The maximum absolute atomic E-state index is 12.0. The molecule has 2 rings (SSSR count). The van der Waals surface area contributed by atoms with Crippen molar-refractivity contribution in [2.24, 2.45) is 0 Å². The van der Waals surface area contributed by atoms with E-state index in [-0.39, 0.29) is 17.7 Å². The fourth-order valence-corrected chi connectivity index (χ4v) is 2.50. The number of amides is 1. The highest BCUT2D eigenvalue weighted by molar-refractivity contribution is 7.99. The fraction of sp³-hybridized carbons (Fsp3) is 0.462. The van der Waals surface area contributed by atoms with Gasteiger partial charge in [0.05, 0.1) is 11.8 Å². The molecule has 1 N–H and O–H groups in total. The molecule has 0 aromatic carbocycles. The molecular formula is C13H18N6OS. The Kier molecular flexibility index (Phi) is 5.26. The Morgan fingerprint density at radius 1 is 1.52 bits per heavy atom. The average Bonchev–Trinajstić information content (AvgIpc) is 2.94. The van der Waals surface area contributed by atoms with E-state index < -0.39 is 0 Å². The lowest BCUT2D eigenvalue weighted by Gasteiger charge is -2.13. The van der Waals surface area contributed by atoms with Gasteiger partial charge in [0.1, 0.15) is 6.33 Å². The van der Waals surface area contributed by atoms with Gasteiger partial charge in [-0.05, 0) is 26.8 Å². The number of nitrogens with one attached hydrogen (secondary N) is 1. The summed E-state index contributed by atoms with van der Waals surface area (Å²) in [7, 11) is 0. The van der Waals surface area contributed by atoms with Crippen molar-refractivity contribution in [1.82, 2.24) is 30.0 Å². The maximum atomic E-state index is 12.0. The second-order valence-corrected chi connectivity index (χ2v) is 5.48. The van der Waals surface area contributed by atoms with Crippen molar-refractivity contribution in [1.29, 1.82) is 0 Å². The Morgan fingerprint density at radius 3 is 3.05 bits per heavy atom. The number of hydrogen-bond acceptors (Lipinski definition) is 6. The van der Waals surface area contributed by atoms with E-state index in [1.165, 1.54) is 11.8 Å². The van der Waals surface area contributed by atoms with Crippen LogP contribution in [0.3, 0.4) is 0 Å². The van der Waals surface area contributed by atoms with Crippen LogP contribution in [0.15, 0.2) is 23.7 Å². The molecule has 1 atom stereocenters. The van der Waals surface area contributed by atoms with E-state index >= 15 is 0 Å². The Hall–Kier alpha value is -1.96. The summed E-state index contributed by atoms with van der Waals surface area (Å²) in [6.07, 6.45) is 3.35. The van der Waals surface area contributed by atoms with E-state index in [1.807, 2.05) is 31.4 Å². The number of aryl methyl sites for hydroxylation is 2. The standard InChI is InChI=1S/C13H18N6OS/c1-4-19-8-15-18-12(19)10(3)17-11(20)7-21-13-14-6-5-9(2)16-13/h5-6,8,10H,4,7H2,1-3H3,(H,17,20)/t10-/m1/s1. The van der Waals surface area contributed by atoms with E-state index in [9.17, 15) is 4.79 Å². The third-order valence-electron chi connectivity index (χ3n) is 2.86. The largest absolute Gasteiger partial charge is 0.346 e. The van der Waals surface area contributed by atoms with Crippen LogP contribution in [0.1, 0.15) is 31.4 Å². The van der Waals surface area contributed by atoms with Crippen LogP contribution >= 0.6 is 11.8 Å². The number of rotatable bonds is 6. The lowest BCUT2D eigenvalue weighted by Crippen LogP contribution is -2.30. The minimum atomic E-state index is -0.182. The molecular weight excluding hydrogens is 288 g/mol. The molecule has 21 heavy (non-hydrogen) atoms. The lowest BCUT2D eigenvalue weighted by molar-refractivity contribution is -0.119. The first-order chi connectivity index (χ1) is 10.1. The summed E-state index contributed by atoms with van der Waals surface area (Å²) in [5.41, 5.74) is 0.886. The van der Waals surface area contributed by atoms with Gasteiger partial charge in [-0.25, -0.2) is 9.97 Å². The van der Waals surface area contributed by atoms with Crippen molar-refractivity contribution < 1.29 is 4.79 Å². The molecule has 0 unspecified atom stereocenters. The molecule has 112 valence electrons. The lowest BCUT2D eigenvalue weighted by atomic mass is 10.3. The van der Waals surface area contributed by atoms with Gasteiger partial charge < -0.3 is 9.88 Å². The zero-order valence-corrected chi connectivity index (χ0v) is 13.1. The summed E-state index contributed by atoms with van der Waals surface area (Å²) in [5.74, 6) is 0.944. The van der Waals surface area contributed by atoms with E-state index in [0.717, 1.165) is 18.1 Å². The highest BCUT2D eigenvalue weighted by atomic mass is 32.2. The minimum absolute atomic E-state index is 0.0803. The van der Waals surface area contributed by atoms with Crippen molar-refractivity contribution in [2.45, 2.75) is 38.5 Å². The summed E-state index contributed by atoms with van der Waals surface area (Å²) in [6.45, 7) is 6.56. The third-order valence-corrected chi connectivity index (χ3v) is 3.72. The van der Waals surface area contributed by atoms with Gasteiger partial charge in [0, 0.05) is 18.4 Å². The topological polar surface area (TPSA) is 85.6 Å². The number of carbonyl (C=O) groups is 1. The molecule has 0 aliphatic rings. The van der Waals surface area contributed by atoms with Gasteiger partial charge in [0.15, 0.2) is 11.0 Å². The van der Waals surface area contributed by atoms with E-state index in [0.29, 0.717) is 5.16 Å². The van der Waals surface area contributed by atoms with Crippen LogP contribution in [-0.4, -0.2) is 36.4 Å². The van der Waals surface area contributed by atoms with E-state index in [2.05, 4.69) is 25.5 Å². The third kappa shape index (κ3) is 4.25. The highest BCUT2D eigenvalue weighted by Gasteiger charge is 2.15. The number of hydrogen-bond donors (Lipinski definition) is 1. The molecule has 0 bridgehead atoms. The monoisotopic (exact) mass is 306 g/mol. The first-order valence-electron chi connectivity index (χ1n) is 6.69. The van der Waals surface area contributed by atoms with Crippen molar-refractivity contribution >= 4 is 17.7 Å². The second kappa shape index (κ2) is 7.16. The predicted molar refractivity (Wildman–Crippen MR) is 79.7 cm³/mol. The predicted octanol–water partition coefficient (Wildman–Crippen LogP) is 1.37. The molecule has 1 amide bonds. The Morgan fingerprint density at radius 2 is 2.33 bits per heavy atom. The van der Waals surface area contributed by atoms with Gasteiger partial charge in [0.2, 0.25) is 5.91 Å². The summed E-state index contributed by atoms with van der Waals surface area (Å²) in [5, 5.41) is 11.4. The maximum Gasteiger partial charge on any atom is 0.231 e. The molecule has 2 heterocycles. The van der Waals surface area contributed by atoms with Gasteiger partial charge in [0.25, 0.3) is 0 Å². The van der Waals surface area contributed by atoms with Crippen LogP contribution in [0.5, 0.6) is 0 Å². The molecule has 0 aliphatic carbocycles. The zero-order valence-electron chi connectivity index (χ0n) is 12.3. The summed E-state index contributed by atoms with van der Waals surface area (Å²) >= 11 is 1.31. The number of carbonyl (C=O) groups excluding carboxylic acids is 1. The summed E-state index contributed by atoms with van der Waals surface area (Å²) < 4.78 is 1.90. The first kappa shape index (κ1) is 15.4. The molecule has 0 saturated heterocycles.